The molecule has 0 spiro atoms. The van der Waals surface area contributed by atoms with Crippen LogP contribution in [0.1, 0.15) is 21.5 Å². The zero-order valence-electron chi connectivity index (χ0n) is 13.4. The highest BCUT2D eigenvalue weighted by molar-refractivity contribution is 6.29. The molecule has 24 heavy (non-hydrogen) atoms. The van der Waals surface area contributed by atoms with E-state index in [-0.39, 0.29) is 0 Å². The molecule has 0 saturated heterocycles. The molecule has 6 nitrogen and oxygen atoms in total. The second-order valence-corrected chi connectivity index (χ2v) is 5.54. The largest absolute Gasteiger partial charge is 0.366 e. The van der Waals surface area contributed by atoms with Crippen LogP contribution in [0.15, 0.2) is 47.6 Å². The maximum atomic E-state index is 11.2. The van der Waals surface area contributed by atoms with Gasteiger partial charge in [-0.15, -0.1) is 0 Å². The summed E-state index contributed by atoms with van der Waals surface area (Å²) in [5, 5.41) is 6.91. The van der Waals surface area contributed by atoms with E-state index in [9.17, 15) is 4.79 Å². The Morgan fingerprint density at radius 2 is 2.08 bits per heavy atom. The van der Waals surface area contributed by atoms with Gasteiger partial charge >= 0.3 is 0 Å². The number of carbonyl (C=O) groups is 1. The maximum Gasteiger partial charge on any atom is 0.248 e. The smallest absolute Gasteiger partial charge is 0.248 e. The second-order valence-electron chi connectivity index (χ2n) is 5.16. The molecule has 126 valence electrons. The number of carbonyl (C=O) groups excluding carboxylic acids is 1. The number of nitrogens with two attached hydrogens (primary N) is 1. The summed E-state index contributed by atoms with van der Waals surface area (Å²) in [6.07, 6.45) is 2.57. The Balaban J connectivity index is 1.81. The van der Waals surface area contributed by atoms with Gasteiger partial charge in [0, 0.05) is 31.9 Å². The topological polar surface area (TPSA) is 92.4 Å². The fourth-order valence-corrected chi connectivity index (χ4v) is 2.23. The number of halogens is 1. The molecule has 4 N–H and O–H groups in total. The molecule has 0 aliphatic rings. The summed E-state index contributed by atoms with van der Waals surface area (Å²) in [5.74, 6) is 0.248. The number of hydrogen-bond acceptors (Lipinski definition) is 3. The molecule has 0 saturated carbocycles. The second kappa shape index (κ2) is 8.88. The highest BCUT2D eigenvalue weighted by Gasteiger charge is 2.03. The van der Waals surface area contributed by atoms with Crippen LogP contribution in [0, 0.1) is 0 Å². The van der Waals surface area contributed by atoms with Gasteiger partial charge in [0.25, 0.3) is 0 Å². The standard InChI is InChI=1S/C17H20ClN5O/c1-20-17(21-8-7-12-5-6-15(18)22-10-12)23-11-13-3-2-4-14(9-13)16(19)24/h2-6,9-10H,7-8,11H2,1H3,(H2,19,24)(H2,20,21,23). The lowest BCUT2D eigenvalue weighted by atomic mass is 10.1. The van der Waals surface area contributed by atoms with Gasteiger partial charge < -0.3 is 16.4 Å². The van der Waals surface area contributed by atoms with Crippen LogP contribution in [0.4, 0.5) is 0 Å². The van der Waals surface area contributed by atoms with Crippen LogP contribution in [0.25, 0.3) is 0 Å². The number of nitrogens with zero attached hydrogens (tertiary/aromatic N) is 2. The summed E-state index contributed by atoms with van der Waals surface area (Å²) < 4.78 is 0. The van der Waals surface area contributed by atoms with Gasteiger partial charge in [-0.3, -0.25) is 9.79 Å². The lowest BCUT2D eigenvalue weighted by molar-refractivity contribution is 0.1000. The van der Waals surface area contributed by atoms with Gasteiger partial charge in [-0.25, -0.2) is 4.98 Å². The molecule has 0 atom stereocenters. The van der Waals surface area contributed by atoms with Crippen molar-refractivity contribution in [2.24, 2.45) is 10.7 Å². The van der Waals surface area contributed by atoms with E-state index in [4.69, 9.17) is 17.3 Å². The third-order valence-corrected chi connectivity index (χ3v) is 3.61. The van der Waals surface area contributed by atoms with E-state index in [0.29, 0.717) is 29.8 Å². The van der Waals surface area contributed by atoms with Crippen molar-refractivity contribution in [3.05, 3.63) is 64.4 Å². The van der Waals surface area contributed by atoms with E-state index < -0.39 is 5.91 Å². The van der Waals surface area contributed by atoms with Gasteiger partial charge in [0.05, 0.1) is 0 Å². The Morgan fingerprint density at radius 3 is 2.75 bits per heavy atom. The molecule has 1 aromatic heterocycles. The van der Waals surface area contributed by atoms with Gasteiger partial charge in [0.2, 0.25) is 5.91 Å². The van der Waals surface area contributed by atoms with Gasteiger partial charge in [0.1, 0.15) is 5.15 Å². The predicted octanol–water partition coefficient (Wildman–Crippen LogP) is 1.74. The van der Waals surface area contributed by atoms with Crippen molar-refractivity contribution in [2.75, 3.05) is 13.6 Å². The Hall–Kier alpha value is -2.60. The zero-order chi connectivity index (χ0) is 17.4. The van der Waals surface area contributed by atoms with Crippen LogP contribution in [0.5, 0.6) is 0 Å². The number of aliphatic imine (C=N–C) groups is 1. The Morgan fingerprint density at radius 1 is 1.25 bits per heavy atom. The number of amides is 1. The predicted molar refractivity (Wildman–Crippen MR) is 96.1 cm³/mol. The van der Waals surface area contributed by atoms with Gasteiger partial charge in [-0.2, -0.15) is 0 Å². The molecule has 1 aromatic carbocycles. The van der Waals surface area contributed by atoms with Gasteiger partial charge in [-0.1, -0.05) is 29.8 Å². The van der Waals surface area contributed by atoms with E-state index in [0.717, 1.165) is 17.5 Å². The number of rotatable bonds is 6. The summed E-state index contributed by atoms with van der Waals surface area (Å²) in [4.78, 5) is 19.4. The average Bonchev–Trinajstić information content (AvgIpc) is 2.59. The molecule has 2 aromatic rings. The molecule has 2 rings (SSSR count). The molecule has 0 radical (unpaired) electrons. The first-order valence-electron chi connectivity index (χ1n) is 7.52. The van der Waals surface area contributed by atoms with Crippen molar-refractivity contribution >= 4 is 23.5 Å². The summed E-state index contributed by atoms with van der Waals surface area (Å²) in [6.45, 7) is 1.26. The van der Waals surface area contributed by atoms with Crippen LogP contribution < -0.4 is 16.4 Å². The first kappa shape index (κ1) is 17.7. The molecular weight excluding hydrogens is 326 g/mol. The van der Waals surface area contributed by atoms with Crippen molar-refractivity contribution in [2.45, 2.75) is 13.0 Å². The van der Waals surface area contributed by atoms with Crippen LogP contribution >= 0.6 is 11.6 Å². The minimum Gasteiger partial charge on any atom is -0.366 e. The molecule has 0 fully saturated rings. The number of primary amides is 1. The molecule has 0 unspecified atom stereocenters. The first-order valence-corrected chi connectivity index (χ1v) is 7.90. The minimum atomic E-state index is -0.434. The van der Waals surface area contributed by atoms with E-state index in [1.54, 1.807) is 37.5 Å². The van der Waals surface area contributed by atoms with E-state index >= 15 is 0 Å². The van der Waals surface area contributed by atoms with E-state index in [1.807, 2.05) is 12.1 Å². The highest BCUT2D eigenvalue weighted by atomic mass is 35.5. The first-order chi connectivity index (χ1) is 11.6. The van der Waals surface area contributed by atoms with Crippen LogP contribution in [-0.4, -0.2) is 30.4 Å². The summed E-state index contributed by atoms with van der Waals surface area (Å²) >= 11 is 5.76. The van der Waals surface area contributed by atoms with Crippen LogP contribution in [0.3, 0.4) is 0 Å². The molecular formula is C17H20ClN5O. The third-order valence-electron chi connectivity index (χ3n) is 3.39. The molecule has 1 heterocycles. The fraction of sp³-hybridized carbons (Fsp3) is 0.235. The normalized spacial score (nSPS) is 11.2. The summed E-state index contributed by atoms with van der Waals surface area (Å²) in [6, 6.07) is 10.9. The maximum absolute atomic E-state index is 11.2. The quantitative estimate of drug-likeness (QED) is 0.422. The van der Waals surface area contributed by atoms with Crippen molar-refractivity contribution < 1.29 is 4.79 Å². The number of nitrogens with one attached hydrogen (secondary N) is 2. The van der Waals surface area contributed by atoms with Crippen LogP contribution in [0.2, 0.25) is 5.15 Å². The number of aromatic nitrogens is 1. The Labute approximate surface area is 146 Å². The number of benzene rings is 1. The molecule has 0 bridgehead atoms. The number of guanidine groups is 1. The van der Waals surface area contributed by atoms with Crippen molar-refractivity contribution in [3.63, 3.8) is 0 Å². The van der Waals surface area contributed by atoms with Gasteiger partial charge in [-0.05, 0) is 35.7 Å². The molecule has 0 aliphatic carbocycles. The van der Waals surface area contributed by atoms with Crippen LogP contribution in [-0.2, 0) is 13.0 Å². The van der Waals surface area contributed by atoms with Crippen molar-refractivity contribution in [1.82, 2.24) is 15.6 Å². The Kier molecular flexibility index (Phi) is 6.57. The van der Waals surface area contributed by atoms with E-state index in [2.05, 4.69) is 20.6 Å². The van der Waals surface area contributed by atoms with Gasteiger partial charge in [0.15, 0.2) is 5.96 Å². The fourth-order valence-electron chi connectivity index (χ4n) is 2.12. The number of pyridine rings is 1. The molecule has 0 aliphatic heterocycles. The van der Waals surface area contributed by atoms with Crippen molar-refractivity contribution in [3.8, 4) is 0 Å². The summed E-state index contributed by atoms with van der Waals surface area (Å²) in [5.41, 5.74) is 7.83. The SMILES string of the molecule is CN=C(NCCc1ccc(Cl)nc1)NCc1cccc(C(N)=O)c1. The zero-order valence-corrected chi connectivity index (χ0v) is 14.2. The molecule has 1 amide bonds. The monoisotopic (exact) mass is 345 g/mol. The van der Waals surface area contributed by atoms with E-state index in [1.165, 1.54) is 0 Å². The average molecular weight is 346 g/mol. The number of hydrogen-bond donors (Lipinski definition) is 3. The Bertz CT molecular complexity index is 715. The lowest BCUT2D eigenvalue weighted by Crippen LogP contribution is -2.37. The highest BCUT2D eigenvalue weighted by Crippen LogP contribution is 2.06. The minimum absolute atomic E-state index is 0.434. The summed E-state index contributed by atoms with van der Waals surface area (Å²) in [7, 11) is 1.71. The third kappa shape index (κ3) is 5.55. The lowest BCUT2D eigenvalue weighted by Gasteiger charge is -2.12. The molecule has 7 heteroatoms. The van der Waals surface area contributed by atoms with Crippen molar-refractivity contribution in [1.29, 1.82) is 0 Å².